The van der Waals surface area contributed by atoms with Crippen LogP contribution in [0.1, 0.15) is 70.8 Å². The van der Waals surface area contributed by atoms with Gasteiger partial charge in [-0.3, -0.25) is 19.9 Å². The predicted molar refractivity (Wildman–Crippen MR) is 228 cm³/mol. The molecule has 4 heterocycles. The second-order valence-corrected chi connectivity index (χ2v) is 16.4. The summed E-state index contributed by atoms with van der Waals surface area (Å²) in [6.07, 6.45) is 2.87. The molecule has 3 aliphatic heterocycles. The normalized spacial score (nSPS) is 21.8. The van der Waals surface area contributed by atoms with Crippen LogP contribution in [0.5, 0.6) is 0 Å². The number of hydrogen-bond acceptors (Lipinski definition) is 10. The minimum absolute atomic E-state index is 0.107. The van der Waals surface area contributed by atoms with Crippen LogP contribution in [-0.2, 0) is 23.8 Å². The number of hydrogen-bond donors (Lipinski definition) is 4. The highest BCUT2D eigenvalue weighted by atomic mass is 16.5. The van der Waals surface area contributed by atoms with Crippen molar-refractivity contribution in [3.8, 4) is 22.4 Å². The lowest BCUT2D eigenvalue weighted by Gasteiger charge is -2.41. The number of imidazole rings is 1. The van der Waals surface area contributed by atoms with Crippen molar-refractivity contribution >= 4 is 40.5 Å². The molecule has 1 aromatic heterocycles. The summed E-state index contributed by atoms with van der Waals surface area (Å²) in [5.74, 6) is 0.260. The van der Waals surface area contributed by atoms with Crippen LogP contribution in [-0.4, -0.2) is 120 Å². The van der Waals surface area contributed by atoms with Gasteiger partial charge in [-0.1, -0.05) is 62.4 Å². The number of H-pyrrole nitrogens is 1. The van der Waals surface area contributed by atoms with Crippen molar-refractivity contribution in [2.24, 2.45) is 10.9 Å². The molecule has 4 N–H and O–H groups in total. The average Bonchev–Trinajstić information content (AvgIpc) is 4.11. The average molecular weight is 821 g/mol. The first-order chi connectivity index (χ1) is 28.8. The maximum absolute atomic E-state index is 13.9. The van der Waals surface area contributed by atoms with E-state index in [4.69, 9.17) is 24.2 Å². The van der Waals surface area contributed by atoms with E-state index >= 15 is 0 Å². The Kier molecular flexibility index (Phi) is 12.6. The van der Waals surface area contributed by atoms with Gasteiger partial charge in [0.25, 0.3) is 0 Å². The fourth-order valence-electron chi connectivity index (χ4n) is 8.77. The van der Waals surface area contributed by atoms with Crippen LogP contribution in [0, 0.1) is 5.92 Å². The molecular weight excluding hydrogens is 765 g/mol. The van der Waals surface area contributed by atoms with E-state index in [-0.39, 0.29) is 29.9 Å². The van der Waals surface area contributed by atoms with Gasteiger partial charge in [0.1, 0.15) is 24.1 Å². The number of carbonyl (C=O) groups is 4. The Labute approximate surface area is 350 Å². The lowest BCUT2D eigenvalue weighted by molar-refractivity contribution is -0.141. The van der Waals surface area contributed by atoms with E-state index in [1.54, 1.807) is 6.92 Å². The number of amides is 4. The Balaban J connectivity index is 1.03. The van der Waals surface area contributed by atoms with E-state index in [2.05, 4.69) is 88.5 Å². The van der Waals surface area contributed by atoms with Crippen molar-refractivity contribution < 1.29 is 33.4 Å². The molecular formula is C45H56N8O7. The molecule has 6 atom stereocenters. The molecule has 3 aromatic carbocycles. The molecule has 0 radical (unpaired) electrons. The third-order valence-corrected chi connectivity index (χ3v) is 12.4. The molecule has 3 aliphatic rings. The molecule has 15 heteroatoms. The zero-order chi connectivity index (χ0) is 42.7. The maximum Gasteiger partial charge on any atom is 0.407 e. The molecule has 4 amide bonds. The molecule has 4 aromatic rings. The SMILES string of the molecule is COC(=O)N[C@H](C(=O)N1CCC[C@H]1c1ncc(-c2ccc3cc(-c4ccc(C5=NC([C@]6(C)CCCN6C(=O)[C@@H](NC(=O)OC)[C@@H](C)OC)NC5)cc4)ccc3c2)[nH]1)C(C)C. The van der Waals surface area contributed by atoms with Crippen molar-refractivity contribution in [2.75, 3.05) is 41.0 Å². The van der Waals surface area contributed by atoms with Crippen LogP contribution >= 0.6 is 0 Å². The van der Waals surface area contributed by atoms with Gasteiger partial charge in [-0.25, -0.2) is 14.6 Å². The lowest BCUT2D eigenvalue weighted by atomic mass is 9.94. The molecule has 0 spiro atoms. The number of aliphatic imine (C=N–C) groups is 1. The van der Waals surface area contributed by atoms with E-state index in [1.165, 1.54) is 21.3 Å². The summed E-state index contributed by atoms with van der Waals surface area (Å²) in [7, 11) is 4.07. The van der Waals surface area contributed by atoms with Gasteiger partial charge in [-0.15, -0.1) is 0 Å². The summed E-state index contributed by atoms with van der Waals surface area (Å²) >= 11 is 0. The zero-order valence-corrected chi connectivity index (χ0v) is 35.4. The van der Waals surface area contributed by atoms with Gasteiger partial charge in [0.15, 0.2) is 0 Å². The predicted octanol–water partition coefficient (Wildman–Crippen LogP) is 5.80. The van der Waals surface area contributed by atoms with Gasteiger partial charge in [-0.05, 0) is 85.0 Å². The molecule has 1 unspecified atom stereocenters. The smallest absolute Gasteiger partial charge is 0.407 e. The highest BCUT2D eigenvalue weighted by Gasteiger charge is 2.49. The van der Waals surface area contributed by atoms with Crippen molar-refractivity contribution in [1.29, 1.82) is 0 Å². The molecule has 15 nitrogen and oxygen atoms in total. The monoisotopic (exact) mass is 820 g/mol. The number of likely N-dealkylation sites (tertiary alicyclic amines) is 2. The van der Waals surface area contributed by atoms with Crippen molar-refractivity contribution in [1.82, 2.24) is 35.7 Å². The standard InChI is InChI=1S/C45H56N8O7/c1-26(2)37(50-43(56)59-6)40(54)52-20-8-10-36(52)39-46-24-35(48-39)33-18-17-31-22-30(15-16-32(31)23-33)28-11-13-29(14-12-28)34-25-47-42(49-34)45(4)19-9-21-53(45)41(55)38(27(3)58-5)51-44(57)60-7/h11-18,22-24,26-27,36-38,42,47H,8-10,19-21,25H2,1-7H3,(H,46,48)(H,50,56)(H,51,57)/t27-,36+,37+,38+,42?,45+/m1/s1. The highest BCUT2D eigenvalue weighted by Crippen LogP contribution is 2.37. The first-order valence-electron chi connectivity index (χ1n) is 20.7. The fraction of sp³-hybridized carbons (Fsp3) is 0.467. The molecule has 318 valence electrons. The van der Waals surface area contributed by atoms with Crippen LogP contribution < -0.4 is 16.0 Å². The number of ether oxygens (including phenoxy) is 3. The third kappa shape index (κ3) is 8.46. The van der Waals surface area contributed by atoms with Gasteiger partial charge in [-0.2, -0.15) is 0 Å². The topological polar surface area (TPSA) is 180 Å². The van der Waals surface area contributed by atoms with Gasteiger partial charge < -0.3 is 39.6 Å². The van der Waals surface area contributed by atoms with Crippen molar-refractivity contribution in [2.45, 2.75) is 89.3 Å². The van der Waals surface area contributed by atoms with Crippen molar-refractivity contribution in [3.63, 3.8) is 0 Å². The van der Waals surface area contributed by atoms with Crippen LogP contribution in [0.2, 0.25) is 0 Å². The van der Waals surface area contributed by atoms with Gasteiger partial charge in [0, 0.05) is 32.3 Å². The Morgan fingerprint density at radius 3 is 2.10 bits per heavy atom. The largest absolute Gasteiger partial charge is 0.453 e. The van der Waals surface area contributed by atoms with Crippen LogP contribution in [0.3, 0.4) is 0 Å². The molecule has 0 bridgehead atoms. The molecule has 7 rings (SSSR count). The maximum atomic E-state index is 13.9. The van der Waals surface area contributed by atoms with Crippen LogP contribution in [0.25, 0.3) is 33.2 Å². The summed E-state index contributed by atoms with van der Waals surface area (Å²) in [6.45, 7) is 9.33. The number of fused-ring (bicyclic) bond motifs is 1. The number of nitrogens with one attached hydrogen (secondary N) is 4. The van der Waals surface area contributed by atoms with Crippen LogP contribution in [0.15, 0.2) is 71.9 Å². The minimum atomic E-state index is -0.893. The number of alkyl carbamates (subject to hydrolysis) is 2. The molecule has 60 heavy (non-hydrogen) atoms. The number of aromatic amines is 1. The highest BCUT2D eigenvalue weighted by molar-refractivity contribution is 6.04. The van der Waals surface area contributed by atoms with Gasteiger partial charge in [0.05, 0.1) is 49.5 Å². The number of methoxy groups -OCH3 is 3. The zero-order valence-electron chi connectivity index (χ0n) is 35.4. The summed E-state index contributed by atoms with van der Waals surface area (Å²) in [5.41, 5.74) is 5.39. The Morgan fingerprint density at radius 1 is 0.800 bits per heavy atom. The van der Waals surface area contributed by atoms with Gasteiger partial charge in [0.2, 0.25) is 11.8 Å². The number of nitrogens with zero attached hydrogens (tertiary/aromatic N) is 4. The number of rotatable bonds is 12. The number of carbonyl (C=O) groups excluding carboxylic acids is 4. The Hall–Kier alpha value is -5.80. The molecule has 2 saturated heterocycles. The summed E-state index contributed by atoms with van der Waals surface area (Å²) < 4.78 is 15.0. The quantitative estimate of drug-likeness (QED) is 0.138. The van der Waals surface area contributed by atoms with Gasteiger partial charge >= 0.3 is 12.2 Å². The van der Waals surface area contributed by atoms with E-state index in [0.29, 0.717) is 19.6 Å². The second-order valence-electron chi connectivity index (χ2n) is 16.4. The van der Waals surface area contributed by atoms with E-state index in [9.17, 15) is 19.2 Å². The lowest BCUT2D eigenvalue weighted by Crippen LogP contribution is -2.62. The summed E-state index contributed by atoms with van der Waals surface area (Å²) in [6, 6.07) is 19.4. The van der Waals surface area contributed by atoms with E-state index in [1.807, 2.05) is 29.8 Å². The van der Waals surface area contributed by atoms with E-state index < -0.39 is 35.9 Å². The van der Waals surface area contributed by atoms with Crippen LogP contribution in [0.4, 0.5) is 9.59 Å². The second kappa shape index (κ2) is 17.8. The van der Waals surface area contributed by atoms with E-state index in [0.717, 1.165) is 75.9 Å². The molecule has 0 aliphatic carbocycles. The molecule has 0 saturated carbocycles. The Bertz CT molecular complexity index is 2260. The minimum Gasteiger partial charge on any atom is -0.453 e. The number of benzene rings is 3. The first kappa shape index (κ1) is 42.3. The Morgan fingerprint density at radius 2 is 1.43 bits per heavy atom. The summed E-state index contributed by atoms with van der Waals surface area (Å²) in [4.78, 5) is 68.5. The van der Waals surface area contributed by atoms with Crippen molar-refractivity contribution in [3.05, 3.63) is 78.2 Å². The number of aromatic nitrogens is 2. The molecule has 2 fully saturated rings. The summed E-state index contributed by atoms with van der Waals surface area (Å²) in [5, 5.41) is 11.1. The first-order valence-corrected chi connectivity index (χ1v) is 20.7. The third-order valence-electron chi connectivity index (χ3n) is 12.4. The fourth-order valence-corrected chi connectivity index (χ4v) is 8.77.